The van der Waals surface area contributed by atoms with Gasteiger partial charge in [0.25, 0.3) is 0 Å². The zero-order chi connectivity index (χ0) is 18.4. The van der Waals surface area contributed by atoms with Gasteiger partial charge in [0.15, 0.2) is 0 Å². The van der Waals surface area contributed by atoms with Crippen LogP contribution < -0.4 is 9.47 Å². The number of ether oxygens (including phenoxy) is 2. The van der Waals surface area contributed by atoms with Crippen LogP contribution in [0, 0.1) is 5.92 Å². The second kappa shape index (κ2) is 8.73. The van der Waals surface area contributed by atoms with E-state index in [1.54, 1.807) is 4.90 Å². The van der Waals surface area contributed by atoms with Gasteiger partial charge in [-0.3, -0.25) is 4.79 Å². The Morgan fingerprint density at radius 1 is 1.16 bits per heavy atom. The minimum absolute atomic E-state index is 0.167. The lowest BCUT2D eigenvalue weighted by molar-refractivity contribution is -0.127. The number of amides is 1. The first-order valence-electron chi connectivity index (χ1n) is 7.86. The van der Waals surface area contributed by atoms with Crippen molar-refractivity contribution in [1.82, 2.24) is 4.90 Å². The molecule has 0 N–H and O–H groups in total. The Bertz CT molecular complexity index is 614. The van der Waals surface area contributed by atoms with Crippen molar-refractivity contribution in [3.8, 4) is 11.5 Å². The smallest absolute Gasteiger partial charge is 0.387 e. The summed E-state index contributed by atoms with van der Waals surface area (Å²) in [6.45, 7) is -2.80. The van der Waals surface area contributed by atoms with Gasteiger partial charge in [0.2, 0.25) is 5.91 Å². The summed E-state index contributed by atoms with van der Waals surface area (Å²) in [4.78, 5) is 13.8. The van der Waals surface area contributed by atoms with Crippen LogP contribution in [0.5, 0.6) is 11.5 Å². The molecule has 1 aliphatic heterocycles. The SMILES string of the molecule is CC1CCN(C(=O)/C=C/c2ccc(OC(F)F)cc2OC(F)F)CC1. The van der Waals surface area contributed by atoms with Crippen molar-refractivity contribution >= 4 is 12.0 Å². The van der Waals surface area contributed by atoms with Crippen LogP contribution in [0.3, 0.4) is 0 Å². The van der Waals surface area contributed by atoms with Gasteiger partial charge in [-0.2, -0.15) is 17.6 Å². The Morgan fingerprint density at radius 3 is 2.40 bits per heavy atom. The van der Waals surface area contributed by atoms with E-state index < -0.39 is 13.2 Å². The van der Waals surface area contributed by atoms with Gasteiger partial charge in [-0.1, -0.05) is 6.92 Å². The van der Waals surface area contributed by atoms with Gasteiger partial charge in [-0.15, -0.1) is 0 Å². The molecule has 1 aliphatic rings. The number of halogens is 4. The number of nitrogens with zero attached hydrogens (tertiary/aromatic N) is 1. The summed E-state index contributed by atoms with van der Waals surface area (Å²) < 4.78 is 58.0. The maximum absolute atomic E-state index is 12.5. The average molecular weight is 361 g/mol. The normalized spacial score (nSPS) is 16.0. The molecule has 25 heavy (non-hydrogen) atoms. The molecule has 0 unspecified atom stereocenters. The van der Waals surface area contributed by atoms with E-state index >= 15 is 0 Å². The molecule has 0 bridgehead atoms. The molecule has 1 aromatic carbocycles. The molecule has 0 radical (unpaired) electrons. The zero-order valence-electron chi connectivity index (χ0n) is 13.6. The molecule has 1 saturated heterocycles. The van der Waals surface area contributed by atoms with Crippen molar-refractivity contribution in [2.45, 2.75) is 33.0 Å². The third kappa shape index (κ3) is 5.95. The van der Waals surface area contributed by atoms with E-state index in [4.69, 9.17) is 0 Å². The molecule has 0 aliphatic carbocycles. The Kier molecular flexibility index (Phi) is 6.66. The third-order valence-corrected chi connectivity index (χ3v) is 3.93. The van der Waals surface area contributed by atoms with Crippen LogP contribution in [-0.2, 0) is 4.79 Å². The maximum atomic E-state index is 12.5. The molecule has 0 atom stereocenters. The van der Waals surface area contributed by atoms with Gasteiger partial charge in [0.1, 0.15) is 11.5 Å². The summed E-state index contributed by atoms with van der Waals surface area (Å²) in [5.74, 6) is -0.312. The minimum Gasteiger partial charge on any atom is -0.435 e. The number of piperidine rings is 1. The fourth-order valence-corrected chi connectivity index (χ4v) is 2.52. The topological polar surface area (TPSA) is 38.8 Å². The highest BCUT2D eigenvalue weighted by Crippen LogP contribution is 2.28. The number of benzene rings is 1. The highest BCUT2D eigenvalue weighted by molar-refractivity contribution is 5.92. The highest BCUT2D eigenvalue weighted by Gasteiger charge is 2.19. The summed E-state index contributed by atoms with van der Waals surface area (Å²) in [6, 6.07) is 3.40. The molecule has 2 rings (SSSR count). The van der Waals surface area contributed by atoms with Gasteiger partial charge in [-0.25, -0.2) is 0 Å². The number of hydrogen-bond acceptors (Lipinski definition) is 3. The lowest BCUT2D eigenvalue weighted by Gasteiger charge is -2.29. The number of alkyl halides is 4. The van der Waals surface area contributed by atoms with Crippen LogP contribution in [0.1, 0.15) is 25.3 Å². The van der Waals surface area contributed by atoms with Crippen LogP contribution in [0.2, 0.25) is 0 Å². The third-order valence-electron chi connectivity index (χ3n) is 3.93. The first kappa shape index (κ1) is 19.1. The van der Waals surface area contributed by atoms with Crippen molar-refractivity contribution in [3.63, 3.8) is 0 Å². The molecule has 1 heterocycles. The summed E-state index contributed by atoms with van der Waals surface area (Å²) in [5, 5.41) is 0. The van der Waals surface area contributed by atoms with Crippen molar-refractivity contribution in [3.05, 3.63) is 29.8 Å². The van der Waals surface area contributed by atoms with Crippen molar-refractivity contribution in [2.24, 2.45) is 5.92 Å². The number of carbonyl (C=O) groups excluding carboxylic acids is 1. The molecule has 1 aromatic rings. The molecule has 1 fully saturated rings. The molecular formula is C17H19F4NO3. The quantitative estimate of drug-likeness (QED) is 0.564. The average Bonchev–Trinajstić information content (AvgIpc) is 2.53. The van der Waals surface area contributed by atoms with Crippen molar-refractivity contribution in [1.29, 1.82) is 0 Å². The molecule has 0 saturated carbocycles. The second-order valence-corrected chi connectivity index (χ2v) is 5.80. The van der Waals surface area contributed by atoms with Crippen LogP contribution in [-0.4, -0.2) is 37.1 Å². The van der Waals surface area contributed by atoms with Gasteiger partial charge in [0, 0.05) is 30.8 Å². The van der Waals surface area contributed by atoms with E-state index in [-0.39, 0.29) is 23.0 Å². The second-order valence-electron chi connectivity index (χ2n) is 5.80. The van der Waals surface area contributed by atoms with Gasteiger partial charge in [0.05, 0.1) is 0 Å². The Labute approximate surface area is 143 Å². The van der Waals surface area contributed by atoms with E-state index in [0.717, 1.165) is 18.9 Å². The molecular weight excluding hydrogens is 342 g/mol. The molecule has 1 amide bonds. The van der Waals surface area contributed by atoms with Crippen molar-refractivity contribution < 1.29 is 31.8 Å². The van der Waals surface area contributed by atoms with Crippen LogP contribution in [0.15, 0.2) is 24.3 Å². The number of rotatable bonds is 6. The number of likely N-dealkylation sites (tertiary alicyclic amines) is 1. The van der Waals surface area contributed by atoms with Gasteiger partial charge < -0.3 is 14.4 Å². The molecule has 138 valence electrons. The molecule has 0 spiro atoms. The monoisotopic (exact) mass is 361 g/mol. The lowest BCUT2D eigenvalue weighted by atomic mass is 9.99. The largest absolute Gasteiger partial charge is 0.435 e. The number of hydrogen-bond donors (Lipinski definition) is 0. The van der Waals surface area contributed by atoms with Crippen LogP contribution >= 0.6 is 0 Å². The first-order valence-corrected chi connectivity index (χ1v) is 7.86. The number of carbonyl (C=O) groups is 1. The van der Waals surface area contributed by atoms with E-state index in [2.05, 4.69) is 16.4 Å². The predicted octanol–water partition coefficient (Wildman–Crippen LogP) is 4.16. The van der Waals surface area contributed by atoms with Crippen molar-refractivity contribution in [2.75, 3.05) is 13.1 Å². The molecule has 8 heteroatoms. The Balaban J connectivity index is 2.12. The summed E-state index contributed by atoms with van der Waals surface area (Å²) >= 11 is 0. The van der Waals surface area contributed by atoms with Crippen LogP contribution in [0.4, 0.5) is 17.6 Å². The molecule has 0 aromatic heterocycles. The zero-order valence-corrected chi connectivity index (χ0v) is 13.6. The van der Waals surface area contributed by atoms with Gasteiger partial charge in [-0.05, 0) is 37.0 Å². The van der Waals surface area contributed by atoms with E-state index in [9.17, 15) is 22.4 Å². The first-order chi connectivity index (χ1) is 11.8. The summed E-state index contributed by atoms with van der Waals surface area (Å²) in [7, 11) is 0. The van der Waals surface area contributed by atoms with E-state index in [1.165, 1.54) is 24.3 Å². The predicted molar refractivity (Wildman–Crippen MR) is 83.7 cm³/mol. The summed E-state index contributed by atoms with van der Waals surface area (Å²) in [6.07, 6.45) is 4.42. The summed E-state index contributed by atoms with van der Waals surface area (Å²) in [5.41, 5.74) is 0.167. The fraction of sp³-hybridized carbons (Fsp3) is 0.471. The Hall–Kier alpha value is -2.25. The lowest BCUT2D eigenvalue weighted by Crippen LogP contribution is -2.36. The fourth-order valence-electron chi connectivity index (χ4n) is 2.52. The van der Waals surface area contributed by atoms with E-state index in [0.29, 0.717) is 19.0 Å². The van der Waals surface area contributed by atoms with E-state index in [1.807, 2.05) is 0 Å². The molecule has 4 nitrogen and oxygen atoms in total. The maximum Gasteiger partial charge on any atom is 0.387 e. The van der Waals surface area contributed by atoms with Gasteiger partial charge >= 0.3 is 13.2 Å². The van der Waals surface area contributed by atoms with Crippen LogP contribution in [0.25, 0.3) is 6.08 Å². The minimum atomic E-state index is -3.13. The highest BCUT2D eigenvalue weighted by atomic mass is 19.3. The Morgan fingerprint density at radius 2 is 1.80 bits per heavy atom. The standard InChI is InChI=1S/C17H19F4NO3/c1-11-6-8-22(9-7-11)15(23)5-3-12-2-4-13(24-16(18)19)10-14(12)25-17(20)21/h2-5,10-11,16-17H,6-9H2,1H3/b5-3+.